The van der Waals surface area contributed by atoms with Crippen molar-refractivity contribution >= 4 is 10.0 Å². The van der Waals surface area contributed by atoms with Crippen molar-refractivity contribution in [2.45, 2.75) is 37.8 Å². The predicted octanol–water partition coefficient (Wildman–Crippen LogP) is 1.93. The van der Waals surface area contributed by atoms with E-state index in [0.29, 0.717) is 5.92 Å². The molecule has 3 unspecified atom stereocenters. The van der Waals surface area contributed by atoms with Crippen LogP contribution in [-0.2, 0) is 10.0 Å². The SMILES string of the molecule is CC1CCC(NS(=O)(=O)c2ncccc2F)C1C. The lowest BCUT2D eigenvalue weighted by Crippen LogP contribution is -2.38. The van der Waals surface area contributed by atoms with Crippen molar-refractivity contribution in [1.29, 1.82) is 0 Å². The van der Waals surface area contributed by atoms with Crippen LogP contribution in [0.1, 0.15) is 26.7 Å². The van der Waals surface area contributed by atoms with E-state index in [4.69, 9.17) is 0 Å². The van der Waals surface area contributed by atoms with Gasteiger partial charge in [0.2, 0.25) is 5.03 Å². The third-order valence-corrected chi connectivity index (χ3v) is 5.17. The molecule has 0 radical (unpaired) electrons. The van der Waals surface area contributed by atoms with Gasteiger partial charge in [0.15, 0.2) is 5.82 Å². The summed E-state index contributed by atoms with van der Waals surface area (Å²) in [6, 6.07) is 2.34. The van der Waals surface area contributed by atoms with Crippen LogP contribution in [0.5, 0.6) is 0 Å². The second-order valence-electron chi connectivity index (χ2n) is 4.93. The third-order valence-electron chi connectivity index (χ3n) is 3.75. The highest BCUT2D eigenvalue weighted by Crippen LogP contribution is 2.32. The minimum absolute atomic E-state index is 0.133. The number of hydrogen-bond donors (Lipinski definition) is 1. The molecule has 0 aliphatic heterocycles. The van der Waals surface area contributed by atoms with Gasteiger partial charge in [-0.1, -0.05) is 13.8 Å². The minimum Gasteiger partial charge on any atom is -0.241 e. The number of nitrogens with one attached hydrogen (secondary N) is 1. The highest BCUT2D eigenvalue weighted by molar-refractivity contribution is 7.89. The number of rotatable bonds is 3. The first-order chi connectivity index (χ1) is 8.42. The fourth-order valence-corrected chi connectivity index (χ4v) is 3.72. The number of halogens is 1. The number of aromatic nitrogens is 1. The van der Waals surface area contributed by atoms with E-state index in [1.807, 2.05) is 6.92 Å². The minimum atomic E-state index is -3.87. The Morgan fingerprint density at radius 1 is 1.39 bits per heavy atom. The quantitative estimate of drug-likeness (QED) is 0.914. The molecule has 1 heterocycles. The van der Waals surface area contributed by atoms with Crippen molar-refractivity contribution in [2.24, 2.45) is 11.8 Å². The average molecular weight is 272 g/mol. The number of nitrogens with zero attached hydrogens (tertiary/aromatic N) is 1. The van der Waals surface area contributed by atoms with E-state index < -0.39 is 20.9 Å². The molecule has 2 rings (SSSR count). The van der Waals surface area contributed by atoms with Crippen LogP contribution in [0, 0.1) is 17.7 Å². The number of hydrogen-bond acceptors (Lipinski definition) is 3. The van der Waals surface area contributed by atoms with Crippen LogP contribution in [0.4, 0.5) is 4.39 Å². The van der Waals surface area contributed by atoms with Gasteiger partial charge in [0.1, 0.15) is 0 Å². The zero-order valence-electron chi connectivity index (χ0n) is 10.4. The maximum atomic E-state index is 13.5. The highest BCUT2D eigenvalue weighted by Gasteiger charge is 2.34. The molecule has 6 heteroatoms. The molecule has 0 saturated heterocycles. The molecule has 1 aromatic heterocycles. The van der Waals surface area contributed by atoms with Crippen LogP contribution in [0.25, 0.3) is 0 Å². The Hall–Kier alpha value is -1.01. The van der Waals surface area contributed by atoms with Gasteiger partial charge in [0, 0.05) is 12.2 Å². The lowest BCUT2D eigenvalue weighted by Gasteiger charge is -2.19. The summed E-state index contributed by atoms with van der Waals surface area (Å²) in [7, 11) is -3.87. The molecule has 1 aliphatic carbocycles. The first-order valence-corrected chi connectivity index (χ1v) is 7.53. The summed E-state index contributed by atoms with van der Waals surface area (Å²) in [5.41, 5.74) is 0. The smallest absolute Gasteiger partial charge is 0.241 e. The topological polar surface area (TPSA) is 59.1 Å². The molecule has 0 bridgehead atoms. The number of sulfonamides is 1. The Morgan fingerprint density at radius 3 is 2.67 bits per heavy atom. The summed E-state index contributed by atoms with van der Waals surface area (Å²) in [5.74, 6) is -0.0819. The molecule has 1 aromatic rings. The Bertz CT molecular complexity index is 533. The van der Waals surface area contributed by atoms with Crippen LogP contribution in [0.15, 0.2) is 23.4 Å². The van der Waals surface area contributed by atoms with Crippen LogP contribution >= 0.6 is 0 Å². The molecule has 18 heavy (non-hydrogen) atoms. The van der Waals surface area contributed by atoms with E-state index in [0.717, 1.165) is 18.9 Å². The normalized spacial score (nSPS) is 28.5. The predicted molar refractivity (Wildman–Crippen MR) is 65.9 cm³/mol. The number of pyridine rings is 1. The monoisotopic (exact) mass is 272 g/mol. The summed E-state index contributed by atoms with van der Waals surface area (Å²) < 4.78 is 40.1. The van der Waals surface area contributed by atoms with Gasteiger partial charge < -0.3 is 0 Å². The second kappa shape index (κ2) is 4.93. The second-order valence-corrected chi connectivity index (χ2v) is 6.56. The van der Waals surface area contributed by atoms with Gasteiger partial charge in [-0.15, -0.1) is 0 Å². The van der Waals surface area contributed by atoms with Gasteiger partial charge >= 0.3 is 0 Å². The van der Waals surface area contributed by atoms with E-state index in [1.165, 1.54) is 12.3 Å². The molecular formula is C12H17FN2O2S. The van der Waals surface area contributed by atoms with Crippen LogP contribution in [0.3, 0.4) is 0 Å². The summed E-state index contributed by atoms with van der Waals surface area (Å²) in [6.45, 7) is 4.11. The highest BCUT2D eigenvalue weighted by atomic mass is 32.2. The Kier molecular flexibility index (Phi) is 3.68. The lowest BCUT2D eigenvalue weighted by atomic mass is 9.98. The van der Waals surface area contributed by atoms with Crippen molar-refractivity contribution in [3.8, 4) is 0 Å². The Labute approximate surface area is 107 Å². The van der Waals surface area contributed by atoms with Crippen molar-refractivity contribution in [3.63, 3.8) is 0 Å². The molecule has 0 spiro atoms. The van der Waals surface area contributed by atoms with E-state index >= 15 is 0 Å². The van der Waals surface area contributed by atoms with Gasteiger partial charge in [0.25, 0.3) is 10.0 Å². The first kappa shape index (κ1) is 13.4. The van der Waals surface area contributed by atoms with Gasteiger partial charge in [-0.05, 0) is 36.8 Å². The molecule has 1 aliphatic rings. The van der Waals surface area contributed by atoms with Crippen LogP contribution in [-0.4, -0.2) is 19.4 Å². The van der Waals surface area contributed by atoms with Crippen molar-refractivity contribution < 1.29 is 12.8 Å². The molecule has 3 atom stereocenters. The van der Waals surface area contributed by atoms with Gasteiger partial charge in [0.05, 0.1) is 0 Å². The zero-order chi connectivity index (χ0) is 13.3. The third kappa shape index (κ3) is 2.54. The van der Waals surface area contributed by atoms with E-state index in [9.17, 15) is 12.8 Å². The Balaban J connectivity index is 2.21. The molecule has 4 nitrogen and oxygen atoms in total. The molecule has 1 N–H and O–H groups in total. The van der Waals surface area contributed by atoms with E-state index in [-0.39, 0.29) is 12.0 Å². The first-order valence-electron chi connectivity index (χ1n) is 6.04. The zero-order valence-corrected chi connectivity index (χ0v) is 11.2. The van der Waals surface area contributed by atoms with Gasteiger partial charge in [-0.3, -0.25) is 0 Å². The molecule has 100 valence electrons. The van der Waals surface area contributed by atoms with Gasteiger partial charge in [-0.25, -0.2) is 22.5 Å². The summed E-state index contributed by atoms with van der Waals surface area (Å²) >= 11 is 0. The Morgan fingerprint density at radius 2 is 2.11 bits per heavy atom. The average Bonchev–Trinajstić information content (AvgIpc) is 2.61. The molecule has 1 saturated carbocycles. The maximum absolute atomic E-state index is 13.5. The largest absolute Gasteiger partial charge is 0.261 e. The van der Waals surface area contributed by atoms with E-state index in [2.05, 4.69) is 16.6 Å². The van der Waals surface area contributed by atoms with Gasteiger partial charge in [-0.2, -0.15) is 0 Å². The molecule has 0 amide bonds. The van der Waals surface area contributed by atoms with Crippen LogP contribution in [0.2, 0.25) is 0 Å². The standard InChI is InChI=1S/C12H17FN2O2S/c1-8-5-6-11(9(8)2)15-18(16,17)12-10(13)4-3-7-14-12/h3-4,7-9,11,15H,5-6H2,1-2H3. The molecule has 1 fully saturated rings. The van der Waals surface area contributed by atoms with Crippen molar-refractivity contribution in [1.82, 2.24) is 9.71 Å². The fraction of sp³-hybridized carbons (Fsp3) is 0.583. The van der Waals surface area contributed by atoms with Crippen LogP contribution < -0.4 is 4.72 Å². The summed E-state index contributed by atoms with van der Waals surface area (Å²) in [6.07, 6.45) is 3.05. The maximum Gasteiger partial charge on any atom is 0.261 e. The molecular weight excluding hydrogens is 255 g/mol. The fourth-order valence-electron chi connectivity index (χ4n) is 2.36. The van der Waals surface area contributed by atoms with E-state index in [1.54, 1.807) is 0 Å². The lowest BCUT2D eigenvalue weighted by molar-refractivity contribution is 0.401. The summed E-state index contributed by atoms with van der Waals surface area (Å²) in [4.78, 5) is 3.61. The molecule has 0 aromatic carbocycles. The van der Waals surface area contributed by atoms with Crippen molar-refractivity contribution in [2.75, 3.05) is 0 Å². The summed E-state index contributed by atoms with van der Waals surface area (Å²) in [5, 5.41) is -0.517. The van der Waals surface area contributed by atoms with Crippen molar-refractivity contribution in [3.05, 3.63) is 24.1 Å².